The average Bonchev–Trinajstić information content (AvgIpc) is 3.21. The quantitative estimate of drug-likeness (QED) is 0.463. The Kier molecular flexibility index (Phi) is 6.21. The van der Waals surface area contributed by atoms with Gasteiger partial charge in [0.15, 0.2) is 0 Å². The van der Waals surface area contributed by atoms with Crippen molar-refractivity contribution < 1.29 is 18.8 Å². The summed E-state index contributed by atoms with van der Waals surface area (Å²) in [5, 5.41) is 10.2. The van der Waals surface area contributed by atoms with Crippen LogP contribution in [-0.4, -0.2) is 37.6 Å². The summed E-state index contributed by atoms with van der Waals surface area (Å²) in [4.78, 5) is 0. The first kappa shape index (κ1) is 20.0. The Hall–Kier alpha value is -2.31. The van der Waals surface area contributed by atoms with Crippen LogP contribution in [0.15, 0.2) is 84.9 Å². The fourth-order valence-corrected chi connectivity index (χ4v) is 4.71. The first-order valence-corrected chi connectivity index (χ1v) is 10.3. The molecule has 1 aliphatic rings. The molecule has 3 aromatic rings. The molecule has 2 atom stereocenters. The molecule has 1 fully saturated rings. The van der Waals surface area contributed by atoms with E-state index in [4.69, 9.17) is 13.7 Å². The van der Waals surface area contributed by atoms with Crippen molar-refractivity contribution in [3.63, 3.8) is 0 Å². The molecule has 1 N–H and O–H groups in total. The molecular formula is C24H24O4S. The molecule has 0 spiro atoms. The molecule has 29 heavy (non-hydrogen) atoms. The van der Waals surface area contributed by atoms with Crippen LogP contribution in [0.4, 0.5) is 0 Å². The fraction of sp³-hybridized carbons (Fsp3) is 0.250. The topological polar surface area (TPSA) is 47.9 Å². The van der Waals surface area contributed by atoms with Gasteiger partial charge in [0.25, 0.3) is 0 Å². The first-order chi connectivity index (χ1) is 14.2. The molecule has 0 unspecified atom stereocenters. The van der Waals surface area contributed by atoms with Gasteiger partial charge in [0.1, 0.15) is 22.7 Å². The highest BCUT2D eigenvalue weighted by atomic mass is 32.2. The molecule has 0 bridgehead atoms. The third kappa shape index (κ3) is 4.05. The Morgan fingerprint density at radius 3 is 1.86 bits per heavy atom. The average molecular weight is 409 g/mol. The second-order valence-electron chi connectivity index (χ2n) is 6.96. The summed E-state index contributed by atoms with van der Waals surface area (Å²) in [5.74, 6) is 0.800. The smallest absolute Gasteiger partial charge is 0.124 e. The van der Waals surface area contributed by atoms with E-state index in [0.29, 0.717) is 13.2 Å². The Labute approximate surface area is 175 Å². The Morgan fingerprint density at radius 2 is 1.38 bits per heavy atom. The zero-order valence-corrected chi connectivity index (χ0v) is 17.0. The predicted molar refractivity (Wildman–Crippen MR) is 115 cm³/mol. The standard InChI is InChI=1S/C24H24O4S/c1-26-21-14-12-20(13-15-21)24(18-8-4-2-5-9-18,19-10-6-3-7-11-19)29-28-23-17-27-16-22(23)25/h2-15,22-23,25H,16-17H2,1H3/t22-,23+/m0/s1. The minimum atomic E-state index is -0.623. The van der Waals surface area contributed by atoms with Gasteiger partial charge in [0, 0.05) is 12.0 Å². The lowest BCUT2D eigenvalue weighted by atomic mass is 9.84. The van der Waals surface area contributed by atoms with Crippen LogP contribution < -0.4 is 4.74 Å². The second kappa shape index (κ2) is 9.01. The monoisotopic (exact) mass is 408 g/mol. The van der Waals surface area contributed by atoms with Crippen LogP contribution in [0.25, 0.3) is 0 Å². The van der Waals surface area contributed by atoms with Crippen molar-refractivity contribution >= 4 is 12.0 Å². The lowest BCUT2D eigenvalue weighted by Crippen LogP contribution is -2.30. The molecule has 0 aliphatic carbocycles. The van der Waals surface area contributed by atoms with E-state index < -0.39 is 10.9 Å². The number of aliphatic hydroxyl groups excluding tert-OH is 1. The predicted octanol–water partition coefficient (Wildman–Crippen LogP) is 4.41. The molecule has 0 aromatic heterocycles. The molecule has 5 heteroatoms. The van der Waals surface area contributed by atoms with Crippen molar-refractivity contribution in [2.45, 2.75) is 17.0 Å². The van der Waals surface area contributed by atoms with Gasteiger partial charge in [0.05, 0.1) is 20.3 Å². The van der Waals surface area contributed by atoms with Gasteiger partial charge in [0.2, 0.25) is 0 Å². The van der Waals surface area contributed by atoms with Crippen molar-refractivity contribution in [1.29, 1.82) is 0 Å². The summed E-state index contributed by atoms with van der Waals surface area (Å²) in [7, 11) is 1.66. The van der Waals surface area contributed by atoms with Gasteiger partial charge in [-0.15, -0.1) is 0 Å². The van der Waals surface area contributed by atoms with Crippen LogP contribution >= 0.6 is 12.0 Å². The van der Waals surface area contributed by atoms with Crippen molar-refractivity contribution in [2.75, 3.05) is 20.3 Å². The highest BCUT2D eigenvalue weighted by Crippen LogP contribution is 2.49. The van der Waals surface area contributed by atoms with Crippen LogP contribution in [0, 0.1) is 0 Å². The van der Waals surface area contributed by atoms with Crippen molar-refractivity contribution in [3.8, 4) is 5.75 Å². The SMILES string of the molecule is COc1ccc(C(SO[C@@H]2COC[C@@H]2O)(c2ccccc2)c2ccccc2)cc1. The molecule has 0 saturated carbocycles. The van der Waals surface area contributed by atoms with Gasteiger partial charge in [-0.05, 0) is 28.8 Å². The molecule has 4 rings (SSSR count). The van der Waals surface area contributed by atoms with Crippen LogP contribution in [0.1, 0.15) is 16.7 Å². The molecular weight excluding hydrogens is 384 g/mol. The lowest BCUT2D eigenvalue weighted by molar-refractivity contribution is 0.0854. The van der Waals surface area contributed by atoms with Gasteiger partial charge in [-0.25, -0.2) is 0 Å². The lowest BCUT2D eigenvalue weighted by Gasteiger charge is -2.35. The third-order valence-electron chi connectivity index (χ3n) is 5.15. The number of ether oxygens (including phenoxy) is 2. The van der Waals surface area contributed by atoms with E-state index in [1.165, 1.54) is 12.0 Å². The maximum Gasteiger partial charge on any atom is 0.124 e. The molecule has 0 amide bonds. The number of hydrogen-bond donors (Lipinski definition) is 1. The Balaban J connectivity index is 1.84. The van der Waals surface area contributed by atoms with Gasteiger partial charge >= 0.3 is 0 Å². The van der Waals surface area contributed by atoms with Crippen molar-refractivity contribution in [3.05, 3.63) is 102 Å². The molecule has 150 valence electrons. The number of benzene rings is 3. The van der Waals surface area contributed by atoms with Gasteiger partial charge in [-0.2, -0.15) is 0 Å². The van der Waals surface area contributed by atoms with Crippen LogP contribution in [0.2, 0.25) is 0 Å². The number of methoxy groups -OCH3 is 1. The molecule has 1 saturated heterocycles. The Bertz CT molecular complexity index is 860. The van der Waals surface area contributed by atoms with E-state index in [2.05, 4.69) is 36.4 Å². The van der Waals surface area contributed by atoms with E-state index in [1.807, 2.05) is 48.5 Å². The highest BCUT2D eigenvalue weighted by molar-refractivity contribution is 7.96. The summed E-state index contributed by atoms with van der Waals surface area (Å²) in [6.07, 6.45) is -0.993. The van der Waals surface area contributed by atoms with Crippen LogP contribution in [0.3, 0.4) is 0 Å². The van der Waals surface area contributed by atoms with E-state index in [1.54, 1.807) is 7.11 Å². The number of hydrogen-bond acceptors (Lipinski definition) is 5. The molecule has 1 aliphatic heterocycles. The fourth-order valence-electron chi connectivity index (χ4n) is 3.57. The van der Waals surface area contributed by atoms with Gasteiger partial charge in [-0.3, -0.25) is 0 Å². The summed E-state index contributed by atoms with van der Waals surface area (Å²) >= 11 is 1.36. The van der Waals surface area contributed by atoms with Crippen molar-refractivity contribution in [1.82, 2.24) is 0 Å². The normalized spacial score (nSPS) is 19.2. The van der Waals surface area contributed by atoms with Crippen molar-refractivity contribution in [2.24, 2.45) is 0 Å². The molecule has 4 nitrogen and oxygen atoms in total. The second-order valence-corrected chi connectivity index (χ2v) is 7.94. The van der Waals surface area contributed by atoms with E-state index in [-0.39, 0.29) is 6.10 Å². The van der Waals surface area contributed by atoms with E-state index in [0.717, 1.165) is 22.4 Å². The molecule has 1 heterocycles. The van der Waals surface area contributed by atoms with E-state index >= 15 is 0 Å². The summed E-state index contributed by atoms with van der Waals surface area (Å²) < 4.78 is 16.3. The largest absolute Gasteiger partial charge is 0.497 e. The third-order valence-corrected chi connectivity index (χ3v) is 6.45. The summed E-state index contributed by atoms with van der Waals surface area (Å²) in [6.45, 7) is 0.688. The zero-order valence-electron chi connectivity index (χ0n) is 16.2. The van der Waals surface area contributed by atoms with Crippen LogP contribution in [0.5, 0.6) is 5.75 Å². The Morgan fingerprint density at radius 1 is 0.828 bits per heavy atom. The maximum absolute atomic E-state index is 10.2. The van der Waals surface area contributed by atoms with Gasteiger partial charge in [-0.1, -0.05) is 72.8 Å². The maximum atomic E-state index is 10.2. The molecule has 3 aromatic carbocycles. The van der Waals surface area contributed by atoms with E-state index in [9.17, 15) is 5.11 Å². The number of aliphatic hydroxyl groups is 1. The highest BCUT2D eigenvalue weighted by Gasteiger charge is 2.40. The first-order valence-electron chi connectivity index (χ1n) is 9.60. The minimum Gasteiger partial charge on any atom is -0.497 e. The zero-order chi connectivity index (χ0) is 20.1. The van der Waals surface area contributed by atoms with Gasteiger partial charge < -0.3 is 18.8 Å². The minimum absolute atomic E-state index is 0.303. The summed E-state index contributed by atoms with van der Waals surface area (Å²) in [6, 6.07) is 28.6. The summed E-state index contributed by atoms with van der Waals surface area (Å²) in [5.41, 5.74) is 3.25. The number of rotatable bonds is 7. The van der Waals surface area contributed by atoms with Crippen LogP contribution in [-0.2, 0) is 13.7 Å². The molecule has 0 radical (unpaired) electrons.